The lowest BCUT2D eigenvalue weighted by molar-refractivity contribution is -0.178. The Morgan fingerprint density at radius 3 is 2.50 bits per heavy atom. The normalized spacial score (nSPS) is 29.3. The number of esters is 2. The van der Waals surface area contributed by atoms with E-state index in [9.17, 15) is 20.0 Å². The van der Waals surface area contributed by atoms with Crippen LogP contribution in [-0.2, 0) is 19.1 Å². The second-order valence-corrected chi connectivity index (χ2v) is 5.07. The van der Waals surface area contributed by atoms with Crippen LogP contribution >= 0.6 is 0 Å². The monoisotopic (exact) mass is 283 g/mol. The summed E-state index contributed by atoms with van der Waals surface area (Å²) in [6.07, 6.45) is 2.08. The standard InChI is InChI=1S/C14H21NO5/c1-3-19-12(17)13(8-9-20-11(2)16)6-4-5-7-14(13,18)10-15/h18H,3-9H2,1-2H3/t13-,14-/m0/s1. The number of carbonyl (C=O) groups is 2. The van der Waals surface area contributed by atoms with Crippen molar-refractivity contribution in [3.8, 4) is 6.07 Å². The van der Waals surface area contributed by atoms with Crippen LogP contribution in [0.5, 0.6) is 0 Å². The van der Waals surface area contributed by atoms with Gasteiger partial charge in [0.2, 0.25) is 0 Å². The first-order valence-corrected chi connectivity index (χ1v) is 6.86. The molecule has 6 nitrogen and oxygen atoms in total. The van der Waals surface area contributed by atoms with Crippen molar-refractivity contribution in [2.24, 2.45) is 5.41 Å². The summed E-state index contributed by atoms with van der Waals surface area (Å²) in [4.78, 5) is 23.1. The van der Waals surface area contributed by atoms with Gasteiger partial charge in [-0.2, -0.15) is 5.26 Å². The van der Waals surface area contributed by atoms with Crippen LogP contribution in [0, 0.1) is 16.7 Å². The molecule has 6 heteroatoms. The quantitative estimate of drug-likeness (QED) is 0.603. The lowest BCUT2D eigenvalue weighted by atomic mass is 9.62. The summed E-state index contributed by atoms with van der Waals surface area (Å²) in [5, 5.41) is 19.8. The Morgan fingerprint density at radius 2 is 1.95 bits per heavy atom. The molecule has 0 unspecified atom stereocenters. The Bertz CT molecular complexity index is 416. The summed E-state index contributed by atoms with van der Waals surface area (Å²) in [6, 6.07) is 1.86. The molecule has 1 fully saturated rings. The highest BCUT2D eigenvalue weighted by atomic mass is 16.5. The third kappa shape index (κ3) is 3.10. The third-order valence-electron chi connectivity index (χ3n) is 3.87. The van der Waals surface area contributed by atoms with Gasteiger partial charge in [0.15, 0.2) is 5.60 Å². The number of hydrogen-bond acceptors (Lipinski definition) is 6. The number of nitriles is 1. The Morgan fingerprint density at radius 1 is 1.30 bits per heavy atom. The average Bonchev–Trinajstić information content (AvgIpc) is 2.41. The van der Waals surface area contributed by atoms with Crippen molar-refractivity contribution < 1.29 is 24.2 Å². The van der Waals surface area contributed by atoms with Crippen molar-refractivity contribution in [3.05, 3.63) is 0 Å². The van der Waals surface area contributed by atoms with Gasteiger partial charge in [-0.05, 0) is 26.2 Å². The number of aliphatic hydroxyl groups is 1. The molecule has 0 aromatic carbocycles. The van der Waals surface area contributed by atoms with Gasteiger partial charge in [0.25, 0.3) is 0 Å². The molecule has 1 aliphatic carbocycles. The SMILES string of the molecule is CCOC(=O)[C@@]1(CCOC(C)=O)CCCC[C@]1(O)C#N. The Labute approximate surface area is 118 Å². The highest BCUT2D eigenvalue weighted by Gasteiger charge is 2.58. The predicted octanol–water partition coefficient (Wildman–Crippen LogP) is 1.32. The van der Waals surface area contributed by atoms with Crippen LogP contribution in [0.3, 0.4) is 0 Å². The van der Waals surface area contributed by atoms with E-state index in [-0.39, 0.29) is 26.1 Å². The van der Waals surface area contributed by atoms with Crippen LogP contribution in [0.4, 0.5) is 0 Å². The largest absolute Gasteiger partial charge is 0.466 e. The van der Waals surface area contributed by atoms with Crippen LogP contribution in [0.15, 0.2) is 0 Å². The van der Waals surface area contributed by atoms with Gasteiger partial charge in [0.05, 0.1) is 19.3 Å². The first-order chi connectivity index (χ1) is 9.42. The van der Waals surface area contributed by atoms with Gasteiger partial charge in [0.1, 0.15) is 5.41 Å². The van der Waals surface area contributed by atoms with Crippen molar-refractivity contribution in [3.63, 3.8) is 0 Å². The lowest BCUT2D eigenvalue weighted by Gasteiger charge is -2.44. The molecule has 0 bridgehead atoms. The molecule has 0 aromatic rings. The molecule has 1 aliphatic rings. The molecule has 0 spiro atoms. The van der Waals surface area contributed by atoms with Crippen molar-refractivity contribution >= 4 is 11.9 Å². The van der Waals surface area contributed by atoms with Crippen molar-refractivity contribution in [1.82, 2.24) is 0 Å². The van der Waals surface area contributed by atoms with Crippen LogP contribution < -0.4 is 0 Å². The minimum atomic E-state index is -1.77. The zero-order valence-corrected chi connectivity index (χ0v) is 12.0. The molecule has 112 valence electrons. The van der Waals surface area contributed by atoms with Crippen molar-refractivity contribution in [1.29, 1.82) is 5.26 Å². The summed E-state index contributed by atoms with van der Waals surface area (Å²) >= 11 is 0. The van der Waals surface area contributed by atoms with E-state index in [1.807, 2.05) is 6.07 Å². The van der Waals surface area contributed by atoms with Gasteiger partial charge < -0.3 is 14.6 Å². The molecular weight excluding hydrogens is 262 g/mol. The van der Waals surface area contributed by atoms with Crippen LogP contribution in [0.1, 0.15) is 46.0 Å². The maximum atomic E-state index is 12.3. The molecule has 0 heterocycles. The maximum Gasteiger partial charge on any atom is 0.316 e. The van der Waals surface area contributed by atoms with Crippen molar-refractivity contribution in [2.45, 2.75) is 51.6 Å². The molecule has 2 atom stereocenters. The van der Waals surface area contributed by atoms with E-state index in [4.69, 9.17) is 9.47 Å². The first kappa shape index (κ1) is 16.4. The Kier molecular flexibility index (Phi) is 5.52. The molecule has 0 amide bonds. The molecular formula is C14H21NO5. The molecule has 0 radical (unpaired) electrons. The summed E-state index contributed by atoms with van der Waals surface area (Å²) in [5.41, 5.74) is -3.08. The van der Waals surface area contributed by atoms with E-state index in [0.29, 0.717) is 12.8 Å². The van der Waals surface area contributed by atoms with E-state index in [1.165, 1.54) is 6.92 Å². The van der Waals surface area contributed by atoms with E-state index >= 15 is 0 Å². The highest BCUT2D eigenvalue weighted by Crippen LogP contribution is 2.47. The molecule has 0 aromatic heterocycles. The number of ether oxygens (including phenoxy) is 2. The highest BCUT2D eigenvalue weighted by molar-refractivity contribution is 5.79. The number of hydrogen-bond donors (Lipinski definition) is 1. The minimum absolute atomic E-state index is 0.0157. The zero-order chi connectivity index (χ0) is 15.2. The second kappa shape index (κ2) is 6.71. The number of rotatable bonds is 5. The maximum absolute atomic E-state index is 12.3. The van der Waals surface area contributed by atoms with Crippen LogP contribution in [0.2, 0.25) is 0 Å². The Hall–Kier alpha value is -1.61. The summed E-state index contributed by atoms with van der Waals surface area (Å²) in [6.45, 7) is 3.11. The number of carbonyl (C=O) groups excluding carboxylic acids is 2. The fourth-order valence-corrected chi connectivity index (χ4v) is 2.76. The molecule has 1 rings (SSSR count). The fraction of sp³-hybridized carbons (Fsp3) is 0.786. The predicted molar refractivity (Wildman–Crippen MR) is 69.3 cm³/mol. The van der Waals surface area contributed by atoms with E-state index in [2.05, 4.69) is 0 Å². The van der Waals surface area contributed by atoms with Gasteiger partial charge in [-0.25, -0.2) is 0 Å². The molecule has 20 heavy (non-hydrogen) atoms. The third-order valence-corrected chi connectivity index (χ3v) is 3.87. The molecule has 1 saturated carbocycles. The lowest BCUT2D eigenvalue weighted by Crippen LogP contribution is -2.55. The van der Waals surface area contributed by atoms with E-state index in [1.54, 1.807) is 6.92 Å². The van der Waals surface area contributed by atoms with Gasteiger partial charge in [-0.3, -0.25) is 9.59 Å². The topological polar surface area (TPSA) is 96.6 Å². The molecule has 0 saturated heterocycles. The van der Waals surface area contributed by atoms with Gasteiger partial charge in [-0.15, -0.1) is 0 Å². The van der Waals surface area contributed by atoms with Gasteiger partial charge in [0, 0.05) is 13.3 Å². The molecule has 1 N–H and O–H groups in total. The van der Waals surface area contributed by atoms with Gasteiger partial charge >= 0.3 is 11.9 Å². The average molecular weight is 283 g/mol. The fourth-order valence-electron chi connectivity index (χ4n) is 2.76. The van der Waals surface area contributed by atoms with Crippen molar-refractivity contribution in [2.75, 3.05) is 13.2 Å². The minimum Gasteiger partial charge on any atom is -0.466 e. The van der Waals surface area contributed by atoms with Crippen LogP contribution in [0.25, 0.3) is 0 Å². The molecule has 0 aliphatic heterocycles. The van der Waals surface area contributed by atoms with E-state index < -0.39 is 23.0 Å². The Balaban J connectivity index is 3.01. The van der Waals surface area contributed by atoms with E-state index in [0.717, 1.165) is 6.42 Å². The van der Waals surface area contributed by atoms with Crippen LogP contribution in [-0.4, -0.2) is 35.9 Å². The van der Waals surface area contributed by atoms with Gasteiger partial charge in [-0.1, -0.05) is 6.42 Å². The summed E-state index contributed by atoms with van der Waals surface area (Å²) in [5.74, 6) is -1.05. The second-order valence-electron chi connectivity index (χ2n) is 5.07. The summed E-state index contributed by atoms with van der Waals surface area (Å²) < 4.78 is 9.92. The first-order valence-electron chi connectivity index (χ1n) is 6.86. The smallest absolute Gasteiger partial charge is 0.316 e. The number of nitrogens with zero attached hydrogens (tertiary/aromatic N) is 1. The zero-order valence-electron chi connectivity index (χ0n) is 12.0. The summed E-state index contributed by atoms with van der Waals surface area (Å²) in [7, 11) is 0.